The van der Waals surface area contributed by atoms with Gasteiger partial charge in [-0.25, -0.2) is 0 Å². The fourth-order valence-corrected chi connectivity index (χ4v) is 3.08. The van der Waals surface area contributed by atoms with Gasteiger partial charge in [0.05, 0.1) is 19.9 Å². The van der Waals surface area contributed by atoms with E-state index in [1.165, 1.54) is 0 Å². The first-order valence-electron chi connectivity index (χ1n) is 6.57. The SMILES string of the molecule is Cc1nn(CCCNC(=O)c2c(I)cnn2C)c(C)c1Br. The van der Waals surface area contributed by atoms with Gasteiger partial charge in [-0.1, -0.05) is 0 Å². The number of rotatable bonds is 5. The Labute approximate surface area is 145 Å². The summed E-state index contributed by atoms with van der Waals surface area (Å²) in [6.45, 7) is 5.39. The van der Waals surface area contributed by atoms with Crippen LogP contribution in [0.15, 0.2) is 10.7 Å². The van der Waals surface area contributed by atoms with Crippen molar-refractivity contribution in [3.05, 3.63) is 31.3 Å². The van der Waals surface area contributed by atoms with Crippen LogP contribution in [-0.4, -0.2) is 32.0 Å². The third kappa shape index (κ3) is 3.65. The van der Waals surface area contributed by atoms with Gasteiger partial charge < -0.3 is 5.32 Å². The van der Waals surface area contributed by atoms with Crippen molar-refractivity contribution in [2.45, 2.75) is 26.8 Å². The summed E-state index contributed by atoms with van der Waals surface area (Å²) < 4.78 is 5.46. The number of nitrogens with zero attached hydrogens (tertiary/aromatic N) is 4. The lowest BCUT2D eigenvalue weighted by atomic mass is 10.3. The van der Waals surface area contributed by atoms with Crippen LogP contribution in [0.1, 0.15) is 28.3 Å². The Morgan fingerprint density at radius 3 is 2.71 bits per heavy atom. The van der Waals surface area contributed by atoms with Gasteiger partial charge in [0.1, 0.15) is 5.69 Å². The molecule has 0 radical (unpaired) electrons. The minimum Gasteiger partial charge on any atom is -0.351 e. The number of amides is 1. The number of hydrogen-bond donors (Lipinski definition) is 1. The summed E-state index contributed by atoms with van der Waals surface area (Å²) in [5, 5.41) is 11.4. The van der Waals surface area contributed by atoms with E-state index in [1.807, 2.05) is 18.5 Å². The Morgan fingerprint density at radius 2 is 2.19 bits per heavy atom. The van der Waals surface area contributed by atoms with Gasteiger partial charge in [-0.15, -0.1) is 0 Å². The van der Waals surface area contributed by atoms with E-state index in [1.54, 1.807) is 17.9 Å². The quantitative estimate of drug-likeness (QED) is 0.544. The van der Waals surface area contributed by atoms with Crippen LogP contribution >= 0.6 is 38.5 Å². The predicted octanol–water partition coefficient (Wildman–Crippen LogP) is 2.42. The molecule has 0 bridgehead atoms. The summed E-state index contributed by atoms with van der Waals surface area (Å²) in [6.07, 6.45) is 2.51. The summed E-state index contributed by atoms with van der Waals surface area (Å²) in [6, 6.07) is 0. The highest BCUT2D eigenvalue weighted by atomic mass is 127. The molecule has 1 N–H and O–H groups in total. The van der Waals surface area contributed by atoms with E-state index in [2.05, 4.69) is 54.0 Å². The second-order valence-corrected chi connectivity index (χ2v) is 6.74. The van der Waals surface area contributed by atoms with Gasteiger partial charge in [0.25, 0.3) is 5.91 Å². The fourth-order valence-electron chi connectivity index (χ4n) is 2.07. The number of carbonyl (C=O) groups is 1. The number of halogens is 2. The Hall–Kier alpha value is -0.900. The Kier molecular flexibility index (Phi) is 5.42. The third-order valence-corrected chi connectivity index (χ3v) is 5.17. The zero-order valence-electron chi connectivity index (χ0n) is 12.2. The smallest absolute Gasteiger partial charge is 0.270 e. The van der Waals surface area contributed by atoms with Gasteiger partial charge in [0, 0.05) is 25.8 Å². The van der Waals surface area contributed by atoms with E-state index in [0.717, 1.165) is 32.4 Å². The van der Waals surface area contributed by atoms with Crippen molar-refractivity contribution in [2.75, 3.05) is 6.54 Å². The molecule has 0 fully saturated rings. The number of carbonyl (C=O) groups excluding carboxylic acids is 1. The monoisotopic (exact) mass is 465 g/mol. The molecular weight excluding hydrogens is 449 g/mol. The first-order chi connectivity index (χ1) is 9.91. The Bertz CT molecular complexity index is 644. The van der Waals surface area contributed by atoms with Crippen molar-refractivity contribution in [3.63, 3.8) is 0 Å². The average Bonchev–Trinajstić information content (AvgIpc) is 2.90. The molecule has 21 heavy (non-hydrogen) atoms. The summed E-state index contributed by atoms with van der Waals surface area (Å²) in [5.74, 6) is -0.0889. The van der Waals surface area contributed by atoms with Gasteiger partial charge in [-0.3, -0.25) is 14.2 Å². The predicted molar refractivity (Wildman–Crippen MR) is 92.3 cm³/mol. The lowest BCUT2D eigenvalue weighted by molar-refractivity contribution is 0.0942. The summed E-state index contributed by atoms with van der Waals surface area (Å²) in [4.78, 5) is 12.1. The number of aryl methyl sites for hydroxylation is 3. The van der Waals surface area contributed by atoms with Crippen LogP contribution in [0.2, 0.25) is 0 Å². The molecule has 2 aromatic rings. The van der Waals surface area contributed by atoms with Crippen molar-refractivity contribution < 1.29 is 4.79 Å². The van der Waals surface area contributed by atoms with Crippen LogP contribution in [-0.2, 0) is 13.6 Å². The third-order valence-electron chi connectivity index (χ3n) is 3.23. The molecule has 6 nitrogen and oxygen atoms in total. The average molecular weight is 466 g/mol. The molecule has 0 aliphatic carbocycles. The van der Waals surface area contributed by atoms with Gasteiger partial charge in [0.15, 0.2) is 0 Å². The summed E-state index contributed by atoms with van der Waals surface area (Å²) >= 11 is 5.62. The van der Waals surface area contributed by atoms with E-state index >= 15 is 0 Å². The lowest BCUT2D eigenvalue weighted by Gasteiger charge is -2.07. The molecule has 0 saturated heterocycles. The van der Waals surface area contributed by atoms with Crippen molar-refractivity contribution in [2.24, 2.45) is 7.05 Å². The topological polar surface area (TPSA) is 64.7 Å². The van der Waals surface area contributed by atoms with E-state index < -0.39 is 0 Å². The molecule has 114 valence electrons. The summed E-state index contributed by atoms with van der Waals surface area (Å²) in [7, 11) is 1.77. The highest BCUT2D eigenvalue weighted by molar-refractivity contribution is 14.1. The minimum atomic E-state index is -0.0889. The molecule has 0 aromatic carbocycles. The highest BCUT2D eigenvalue weighted by Crippen LogP contribution is 2.19. The molecule has 0 spiro atoms. The zero-order chi connectivity index (χ0) is 15.6. The standard InChI is InChI=1S/C13H17BrIN5O/c1-8-11(14)9(2)20(18-8)6-4-5-16-13(21)12-10(15)7-17-19(12)3/h7H,4-6H2,1-3H3,(H,16,21). The first kappa shape index (κ1) is 16.5. The maximum Gasteiger partial charge on any atom is 0.270 e. The molecule has 0 aliphatic rings. The van der Waals surface area contributed by atoms with Crippen LogP contribution in [0, 0.1) is 17.4 Å². The van der Waals surface area contributed by atoms with E-state index in [4.69, 9.17) is 0 Å². The van der Waals surface area contributed by atoms with Crippen molar-refractivity contribution >= 4 is 44.4 Å². The molecule has 2 heterocycles. The molecule has 2 rings (SSSR count). The zero-order valence-corrected chi connectivity index (χ0v) is 15.9. The molecule has 0 unspecified atom stereocenters. The number of hydrogen-bond acceptors (Lipinski definition) is 3. The fraction of sp³-hybridized carbons (Fsp3) is 0.462. The molecule has 0 saturated carbocycles. The van der Waals surface area contributed by atoms with Gasteiger partial charge in [-0.05, 0) is 58.8 Å². The van der Waals surface area contributed by atoms with Gasteiger partial charge >= 0.3 is 0 Å². The second kappa shape index (κ2) is 6.91. The molecule has 8 heteroatoms. The van der Waals surface area contributed by atoms with E-state index in [9.17, 15) is 4.79 Å². The first-order valence-corrected chi connectivity index (χ1v) is 8.44. The Morgan fingerprint density at radius 1 is 1.48 bits per heavy atom. The van der Waals surface area contributed by atoms with Crippen LogP contribution < -0.4 is 5.32 Å². The molecule has 1 amide bonds. The molecule has 0 aliphatic heterocycles. The maximum absolute atomic E-state index is 12.1. The van der Waals surface area contributed by atoms with Crippen LogP contribution in [0.4, 0.5) is 0 Å². The van der Waals surface area contributed by atoms with E-state index in [0.29, 0.717) is 12.2 Å². The number of nitrogens with one attached hydrogen (secondary N) is 1. The largest absolute Gasteiger partial charge is 0.351 e. The van der Waals surface area contributed by atoms with Crippen LogP contribution in [0.25, 0.3) is 0 Å². The van der Waals surface area contributed by atoms with Crippen molar-refractivity contribution in [3.8, 4) is 0 Å². The van der Waals surface area contributed by atoms with Crippen molar-refractivity contribution in [1.29, 1.82) is 0 Å². The van der Waals surface area contributed by atoms with Gasteiger partial charge in [-0.2, -0.15) is 10.2 Å². The molecular formula is C13H17BrIN5O. The maximum atomic E-state index is 12.1. The minimum absolute atomic E-state index is 0.0889. The van der Waals surface area contributed by atoms with E-state index in [-0.39, 0.29) is 5.91 Å². The highest BCUT2D eigenvalue weighted by Gasteiger charge is 2.14. The Balaban J connectivity index is 1.85. The van der Waals surface area contributed by atoms with Crippen LogP contribution in [0.3, 0.4) is 0 Å². The summed E-state index contributed by atoms with van der Waals surface area (Å²) in [5.41, 5.74) is 2.70. The number of aromatic nitrogens is 4. The molecule has 2 aromatic heterocycles. The second-order valence-electron chi connectivity index (χ2n) is 4.78. The normalized spacial score (nSPS) is 10.9. The molecule has 0 atom stereocenters. The van der Waals surface area contributed by atoms with Crippen molar-refractivity contribution in [1.82, 2.24) is 24.9 Å². The lowest BCUT2D eigenvalue weighted by Crippen LogP contribution is -2.28. The van der Waals surface area contributed by atoms with Crippen LogP contribution in [0.5, 0.6) is 0 Å². The van der Waals surface area contributed by atoms with Gasteiger partial charge in [0.2, 0.25) is 0 Å².